The highest BCUT2D eigenvalue weighted by atomic mass is 19.1. The lowest BCUT2D eigenvalue weighted by Crippen LogP contribution is -2.29. The second-order valence-electron chi connectivity index (χ2n) is 10.6. The molecule has 4 heterocycles. The van der Waals surface area contributed by atoms with E-state index in [1.165, 1.54) is 11.0 Å². The number of halogens is 1. The summed E-state index contributed by atoms with van der Waals surface area (Å²) in [6.45, 7) is 5.83. The van der Waals surface area contributed by atoms with Gasteiger partial charge in [-0.05, 0) is 61.7 Å². The van der Waals surface area contributed by atoms with Gasteiger partial charge < -0.3 is 14.8 Å². The molecule has 3 aromatic heterocycles. The van der Waals surface area contributed by atoms with Crippen LogP contribution in [0, 0.1) is 19.7 Å². The van der Waals surface area contributed by atoms with E-state index in [4.69, 9.17) is 0 Å². The Morgan fingerprint density at radius 3 is 2.60 bits per heavy atom. The number of carbonyl (C=O) groups is 1. The number of amides is 1. The lowest BCUT2D eigenvalue weighted by atomic mass is 9.93. The second-order valence-corrected chi connectivity index (χ2v) is 10.6. The Morgan fingerprint density at radius 1 is 1.18 bits per heavy atom. The molecule has 1 amide bonds. The summed E-state index contributed by atoms with van der Waals surface area (Å²) < 4.78 is 18.9. The van der Waals surface area contributed by atoms with E-state index in [-0.39, 0.29) is 17.3 Å². The van der Waals surface area contributed by atoms with Gasteiger partial charge >= 0.3 is 0 Å². The molecule has 8 nitrogen and oxygen atoms in total. The van der Waals surface area contributed by atoms with Gasteiger partial charge in [0.15, 0.2) is 0 Å². The first kappa shape index (κ1) is 27.3. The van der Waals surface area contributed by atoms with Crippen LogP contribution in [0.25, 0.3) is 22.3 Å². The van der Waals surface area contributed by atoms with E-state index >= 15 is 4.39 Å². The summed E-state index contributed by atoms with van der Waals surface area (Å²) in [7, 11) is 7.13. The molecule has 1 N–H and O–H groups in total. The molecule has 9 heteroatoms. The van der Waals surface area contributed by atoms with Gasteiger partial charge in [0.2, 0.25) is 0 Å². The third-order valence-corrected chi connectivity index (χ3v) is 7.81. The summed E-state index contributed by atoms with van der Waals surface area (Å²) in [5.74, 6) is -0.564. The molecule has 208 valence electrons. The Balaban J connectivity index is 1.40. The van der Waals surface area contributed by atoms with Crippen molar-refractivity contribution in [2.24, 2.45) is 7.05 Å². The number of nitrogens with zero attached hydrogens (tertiary/aromatic N) is 5. The highest BCUT2D eigenvalue weighted by molar-refractivity contribution is 5.94. The minimum atomic E-state index is -0.356. The van der Waals surface area contributed by atoms with Crippen LogP contribution in [-0.4, -0.2) is 64.1 Å². The van der Waals surface area contributed by atoms with E-state index in [0.717, 1.165) is 45.8 Å². The Labute approximate surface area is 233 Å². The number of aromatic nitrogens is 3. The van der Waals surface area contributed by atoms with Gasteiger partial charge in [-0.1, -0.05) is 6.08 Å². The highest BCUT2D eigenvalue weighted by Gasteiger charge is 2.22. The number of aryl methyl sites for hydroxylation is 2. The minimum absolute atomic E-state index is 0.0694. The van der Waals surface area contributed by atoms with Crippen molar-refractivity contribution in [1.29, 1.82) is 0 Å². The molecule has 1 aromatic carbocycles. The predicted molar refractivity (Wildman–Crippen MR) is 158 cm³/mol. The largest absolute Gasteiger partial charge is 0.388 e. The number of nitrogens with one attached hydrogen (secondary N) is 1. The molecular weight excluding hydrogens is 507 g/mol. The van der Waals surface area contributed by atoms with Gasteiger partial charge in [-0.15, -0.1) is 0 Å². The number of hydrogen-bond donors (Lipinski definition) is 1. The van der Waals surface area contributed by atoms with Crippen LogP contribution < -0.4 is 10.9 Å². The van der Waals surface area contributed by atoms with Crippen molar-refractivity contribution in [2.45, 2.75) is 26.8 Å². The van der Waals surface area contributed by atoms with Gasteiger partial charge in [-0.3, -0.25) is 19.1 Å². The van der Waals surface area contributed by atoms with Gasteiger partial charge in [-0.2, -0.15) is 0 Å². The number of fused-ring (bicyclic) bond motifs is 1. The van der Waals surface area contributed by atoms with Crippen LogP contribution in [0.15, 0.2) is 53.6 Å². The summed E-state index contributed by atoms with van der Waals surface area (Å²) in [4.78, 5) is 33.8. The SMILES string of the molecule is CNc1ccn(-c2ccnc3c2cc(CN2CC=C(c4c(C)cc(C(=O)N(C)C)cc4F)CC2)n3C)c(=O)c1C. The van der Waals surface area contributed by atoms with Crippen molar-refractivity contribution in [2.75, 3.05) is 39.5 Å². The zero-order valence-corrected chi connectivity index (χ0v) is 23.9. The van der Waals surface area contributed by atoms with Crippen molar-refractivity contribution < 1.29 is 9.18 Å². The number of rotatable bonds is 6. The number of hydrogen-bond acceptors (Lipinski definition) is 5. The molecule has 0 saturated carbocycles. The second kappa shape index (κ2) is 10.7. The number of carbonyl (C=O) groups excluding carboxylic acids is 1. The molecule has 0 spiro atoms. The van der Waals surface area contributed by atoms with Gasteiger partial charge in [0.1, 0.15) is 11.5 Å². The predicted octanol–water partition coefficient (Wildman–Crippen LogP) is 4.51. The van der Waals surface area contributed by atoms with E-state index in [1.54, 1.807) is 44.2 Å². The van der Waals surface area contributed by atoms with Gasteiger partial charge in [-0.25, -0.2) is 9.37 Å². The van der Waals surface area contributed by atoms with Crippen LogP contribution >= 0.6 is 0 Å². The van der Waals surface area contributed by atoms with E-state index < -0.39 is 0 Å². The third-order valence-electron chi connectivity index (χ3n) is 7.81. The van der Waals surface area contributed by atoms with Crippen LogP contribution in [0.1, 0.15) is 39.2 Å². The average molecular weight is 543 g/mol. The zero-order chi connectivity index (χ0) is 28.7. The Morgan fingerprint density at radius 2 is 1.95 bits per heavy atom. The molecule has 0 fully saturated rings. The quantitative estimate of drug-likeness (QED) is 0.388. The summed E-state index contributed by atoms with van der Waals surface area (Å²) >= 11 is 0. The topological polar surface area (TPSA) is 75.4 Å². The van der Waals surface area contributed by atoms with Crippen LogP contribution in [0.3, 0.4) is 0 Å². The molecule has 1 aliphatic rings. The minimum Gasteiger partial charge on any atom is -0.388 e. The monoisotopic (exact) mass is 542 g/mol. The number of benzene rings is 1. The van der Waals surface area contributed by atoms with Gasteiger partial charge in [0.25, 0.3) is 11.5 Å². The molecule has 0 saturated heterocycles. The molecule has 0 atom stereocenters. The highest BCUT2D eigenvalue weighted by Crippen LogP contribution is 2.30. The molecule has 4 aromatic rings. The Bertz CT molecular complexity index is 1690. The van der Waals surface area contributed by atoms with Crippen molar-refractivity contribution in [3.63, 3.8) is 0 Å². The molecule has 0 bridgehead atoms. The van der Waals surface area contributed by atoms with Crippen LogP contribution in [0.2, 0.25) is 0 Å². The molecular formula is C31H35FN6O2. The third kappa shape index (κ3) is 4.81. The Kier molecular flexibility index (Phi) is 7.33. The maximum atomic E-state index is 15.1. The van der Waals surface area contributed by atoms with Gasteiger partial charge in [0.05, 0.1) is 5.69 Å². The molecule has 0 radical (unpaired) electrons. The van der Waals surface area contributed by atoms with Crippen LogP contribution in [0.5, 0.6) is 0 Å². The lowest BCUT2D eigenvalue weighted by molar-refractivity contribution is 0.0827. The maximum Gasteiger partial charge on any atom is 0.260 e. The van der Waals surface area contributed by atoms with Gasteiger partial charge in [0, 0.05) is 93.7 Å². The zero-order valence-electron chi connectivity index (χ0n) is 23.9. The fourth-order valence-electron chi connectivity index (χ4n) is 5.56. The fraction of sp³-hybridized carbons (Fsp3) is 0.323. The molecule has 5 rings (SSSR count). The van der Waals surface area contributed by atoms with Crippen molar-refractivity contribution in [1.82, 2.24) is 23.9 Å². The summed E-state index contributed by atoms with van der Waals surface area (Å²) in [6, 6.07) is 9.00. The molecule has 40 heavy (non-hydrogen) atoms. The van der Waals surface area contributed by atoms with E-state index in [0.29, 0.717) is 36.2 Å². The average Bonchev–Trinajstić information content (AvgIpc) is 3.25. The van der Waals surface area contributed by atoms with Crippen LogP contribution in [-0.2, 0) is 13.6 Å². The van der Waals surface area contributed by atoms with Crippen molar-refractivity contribution >= 4 is 28.2 Å². The lowest BCUT2D eigenvalue weighted by Gasteiger charge is -2.27. The first-order valence-corrected chi connectivity index (χ1v) is 13.4. The fourth-order valence-corrected chi connectivity index (χ4v) is 5.56. The summed E-state index contributed by atoms with van der Waals surface area (Å²) in [6.07, 6.45) is 6.32. The normalized spacial score (nSPS) is 13.9. The molecule has 0 unspecified atom stereocenters. The van der Waals surface area contributed by atoms with E-state index in [1.807, 2.05) is 33.0 Å². The molecule has 0 aliphatic carbocycles. The first-order valence-electron chi connectivity index (χ1n) is 13.4. The smallest absolute Gasteiger partial charge is 0.260 e. The number of anilines is 1. The van der Waals surface area contributed by atoms with Crippen LogP contribution in [0.4, 0.5) is 10.1 Å². The first-order chi connectivity index (χ1) is 19.1. The number of pyridine rings is 2. The standard InChI is InChI=1S/C31H35FN6O2/c1-19-15-22(31(40)35(4)5)16-25(32)28(19)21-8-12-37(13-9-21)18-23-17-24-27(7-11-34-29(24)36(23)6)38-14-10-26(33-3)20(2)30(38)39/h7-8,10-11,14-17,33H,9,12-13,18H2,1-6H3. The summed E-state index contributed by atoms with van der Waals surface area (Å²) in [5.41, 5.74) is 6.79. The molecule has 1 aliphatic heterocycles. The van der Waals surface area contributed by atoms with Crippen molar-refractivity contribution in [3.05, 3.63) is 92.9 Å². The summed E-state index contributed by atoms with van der Waals surface area (Å²) in [5, 5.41) is 3.98. The Hall–Kier alpha value is -4.24. The van der Waals surface area contributed by atoms with E-state index in [2.05, 4.69) is 31.9 Å². The van der Waals surface area contributed by atoms with E-state index in [9.17, 15) is 9.59 Å². The maximum absolute atomic E-state index is 15.1. The van der Waals surface area contributed by atoms with Crippen molar-refractivity contribution in [3.8, 4) is 5.69 Å².